The summed E-state index contributed by atoms with van der Waals surface area (Å²) in [7, 11) is -3.62. The first-order valence-electron chi connectivity index (χ1n) is 9.88. The molecule has 2 fully saturated rings. The van der Waals surface area contributed by atoms with E-state index in [4.69, 9.17) is 0 Å². The summed E-state index contributed by atoms with van der Waals surface area (Å²) in [6.07, 6.45) is 9.17. The van der Waals surface area contributed by atoms with Crippen LogP contribution < -0.4 is 4.72 Å². The molecule has 28 heavy (non-hydrogen) atoms. The first kappa shape index (κ1) is 19.1. The van der Waals surface area contributed by atoms with E-state index in [1.54, 1.807) is 30.6 Å². The minimum Gasteiger partial charge on any atom is -0.332 e. The van der Waals surface area contributed by atoms with Crippen LogP contribution in [0, 0.1) is 0 Å². The van der Waals surface area contributed by atoms with Gasteiger partial charge in [0.2, 0.25) is 10.0 Å². The van der Waals surface area contributed by atoms with Crippen molar-refractivity contribution in [3.05, 3.63) is 59.9 Å². The molecule has 1 atom stereocenters. The number of aromatic nitrogens is 1. The van der Waals surface area contributed by atoms with Gasteiger partial charge < -0.3 is 4.90 Å². The Morgan fingerprint density at radius 2 is 1.89 bits per heavy atom. The predicted molar refractivity (Wildman–Crippen MR) is 106 cm³/mol. The molecule has 1 aromatic carbocycles. The lowest BCUT2D eigenvalue weighted by Crippen LogP contribution is -2.33. The molecule has 1 unspecified atom stereocenters. The van der Waals surface area contributed by atoms with Gasteiger partial charge in [-0.3, -0.25) is 9.78 Å². The van der Waals surface area contributed by atoms with Crippen LogP contribution in [-0.4, -0.2) is 36.8 Å². The number of hydrogen-bond acceptors (Lipinski definition) is 4. The van der Waals surface area contributed by atoms with Crippen LogP contribution in [0.15, 0.2) is 53.7 Å². The Bertz CT molecular complexity index is 940. The van der Waals surface area contributed by atoms with E-state index in [0.717, 1.165) is 44.1 Å². The summed E-state index contributed by atoms with van der Waals surface area (Å²) in [5.41, 5.74) is 1.42. The molecule has 1 amide bonds. The van der Waals surface area contributed by atoms with Gasteiger partial charge in [0.15, 0.2) is 0 Å². The summed E-state index contributed by atoms with van der Waals surface area (Å²) in [5, 5.41) is 0. The van der Waals surface area contributed by atoms with Crippen molar-refractivity contribution in [2.45, 2.75) is 55.5 Å². The largest absolute Gasteiger partial charge is 0.332 e. The monoisotopic (exact) mass is 399 g/mol. The van der Waals surface area contributed by atoms with Crippen LogP contribution in [0.2, 0.25) is 0 Å². The molecule has 0 bridgehead atoms. The molecule has 1 aliphatic carbocycles. The van der Waals surface area contributed by atoms with Crippen molar-refractivity contribution in [1.29, 1.82) is 0 Å². The number of nitrogens with zero attached hydrogens (tertiary/aromatic N) is 2. The van der Waals surface area contributed by atoms with Gasteiger partial charge in [0, 0.05) is 30.5 Å². The lowest BCUT2D eigenvalue weighted by Gasteiger charge is -2.25. The summed E-state index contributed by atoms with van der Waals surface area (Å²) in [6, 6.07) is 10.2. The summed E-state index contributed by atoms with van der Waals surface area (Å²) < 4.78 is 28.2. The maximum Gasteiger partial charge on any atom is 0.254 e. The third kappa shape index (κ3) is 3.95. The maximum atomic E-state index is 13.1. The molecular formula is C21H25N3O3S. The predicted octanol–water partition coefficient (Wildman–Crippen LogP) is 3.28. The summed E-state index contributed by atoms with van der Waals surface area (Å²) in [4.78, 5) is 19.3. The van der Waals surface area contributed by atoms with Crippen molar-refractivity contribution in [3.63, 3.8) is 0 Å². The highest BCUT2D eigenvalue weighted by Crippen LogP contribution is 2.33. The van der Waals surface area contributed by atoms with E-state index >= 15 is 0 Å². The van der Waals surface area contributed by atoms with E-state index in [2.05, 4.69) is 9.71 Å². The van der Waals surface area contributed by atoms with Gasteiger partial charge in [-0.1, -0.05) is 25.0 Å². The Kier molecular flexibility index (Phi) is 5.46. The van der Waals surface area contributed by atoms with E-state index in [9.17, 15) is 13.2 Å². The number of rotatable bonds is 5. The Balaban J connectivity index is 1.56. The minimum absolute atomic E-state index is 0.00194. The van der Waals surface area contributed by atoms with Crippen molar-refractivity contribution >= 4 is 15.9 Å². The second-order valence-electron chi connectivity index (χ2n) is 7.57. The van der Waals surface area contributed by atoms with Gasteiger partial charge in [0.25, 0.3) is 5.91 Å². The first-order chi connectivity index (χ1) is 13.5. The van der Waals surface area contributed by atoms with Crippen molar-refractivity contribution in [3.8, 4) is 0 Å². The standard InChI is InChI=1S/C21H25N3O3S/c25-21(24-13-5-11-20(24)17-7-4-12-22-15-17)16-6-3-10-19(14-16)28(26,27)23-18-8-1-2-9-18/h3-4,6-7,10,12,14-15,18,20,23H,1-2,5,8-9,11,13H2. The SMILES string of the molecule is O=C(c1cccc(S(=O)(=O)NC2CCCC2)c1)N1CCCC1c1cccnc1. The quantitative estimate of drug-likeness (QED) is 0.837. The molecular weight excluding hydrogens is 374 g/mol. The van der Waals surface area contributed by atoms with Gasteiger partial charge in [0.05, 0.1) is 10.9 Å². The number of amides is 1. The average Bonchev–Trinajstić information content (AvgIpc) is 3.40. The molecule has 1 N–H and O–H groups in total. The maximum absolute atomic E-state index is 13.1. The molecule has 4 rings (SSSR count). The molecule has 1 aliphatic heterocycles. The molecule has 0 radical (unpaired) electrons. The fraction of sp³-hybridized carbons (Fsp3) is 0.429. The zero-order chi connectivity index (χ0) is 19.6. The number of benzene rings is 1. The van der Waals surface area contributed by atoms with Crippen LogP contribution in [-0.2, 0) is 10.0 Å². The van der Waals surface area contributed by atoms with Crippen molar-refractivity contribution < 1.29 is 13.2 Å². The molecule has 7 heteroatoms. The van der Waals surface area contributed by atoms with Crippen LogP contribution in [0.3, 0.4) is 0 Å². The average molecular weight is 400 g/mol. The van der Waals surface area contributed by atoms with Gasteiger partial charge in [0.1, 0.15) is 0 Å². The Morgan fingerprint density at radius 1 is 1.07 bits per heavy atom. The van der Waals surface area contributed by atoms with Crippen LogP contribution in [0.4, 0.5) is 0 Å². The second-order valence-corrected chi connectivity index (χ2v) is 9.29. The number of sulfonamides is 1. The van der Waals surface area contributed by atoms with Crippen LogP contribution in [0.1, 0.15) is 60.5 Å². The molecule has 1 saturated carbocycles. The molecule has 2 aliphatic rings. The summed E-state index contributed by atoms with van der Waals surface area (Å²) in [6.45, 7) is 0.662. The third-order valence-electron chi connectivity index (χ3n) is 5.65. The Labute approximate surface area is 166 Å². The van der Waals surface area contributed by atoms with Gasteiger partial charge in [-0.25, -0.2) is 13.1 Å². The number of pyridine rings is 1. The summed E-state index contributed by atoms with van der Waals surface area (Å²) >= 11 is 0. The zero-order valence-electron chi connectivity index (χ0n) is 15.8. The molecule has 6 nitrogen and oxygen atoms in total. The highest BCUT2D eigenvalue weighted by Gasteiger charge is 2.31. The molecule has 2 aromatic rings. The number of carbonyl (C=O) groups excluding carboxylic acids is 1. The smallest absolute Gasteiger partial charge is 0.254 e. The molecule has 148 valence electrons. The van der Waals surface area contributed by atoms with E-state index in [1.165, 1.54) is 6.07 Å². The fourth-order valence-corrected chi connectivity index (χ4v) is 5.57. The van der Waals surface area contributed by atoms with Crippen molar-refractivity contribution in [2.75, 3.05) is 6.54 Å². The van der Waals surface area contributed by atoms with Gasteiger partial charge >= 0.3 is 0 Å². The fourth-order valence-electron chi connectivity index (χ4n) is 4.22. The lowest BCUT2D eigenvalue weighted by molar-refractivity contribution is 0.0735. The Hall–Kier alpha value is -2.25. The normalized spacial score (nSPS) is 20.6. The number of nitrogens with one attached hydrogen (secondary N) is 1. The molecule has 2 heterocycles. The highest BCUT2D eigenvalue weighted by molar-refractivity contribution is 7.89. The third-order valence-corrected chi connectivity index (χ3v) is 7.17. The minimum atomic E-state index is -3.62. The molecule has 1 aromatic heterocycles. The second kappa shape index (κ2) is 8.01. The van der Waals surface area contributed by atoms with Crippen LogP contribution in [0.5, 0.6) is 0 Å². The highest BCUT2D eigenvalue weighted by atomic mass is 32.2. The van der Waals surface area contributed by atoms with Gasteiger partial charge in [-0.2, -0.15) is 0 Å². The van der Waals surface area contributed by atoms with E-state index in [1.807, 2.05) is 17.0 Å². The number of carbonyl (C=O) groups is 1. The van der Waals surface area contributed by atoms with Crippen LogP contribution in [0.25, 0.3) is 0 Å². The number of hydrogen-bond donors (Lipinski definition) is 1. The van der Waals surface area contributed by atoms with E-state index in [-0.39, 0.29) is 22.9 Å². The lowest BCUT2D eigenvalue weighted by atomic mass is 10.1. The van der Waals surface area contributed by atoms with E-state index in [0.29, 0.717) is 12.1 Å². The Morgan fingerprint density at radius 3 is 2.64 bits per heavy atom. The summed E-state index contributed by atoms with van der Waals surface area (Å²) in [5.74, 6) is -0.135. The van der Waals surface area contributed by atoms with Crippen LogP contribution >= 0.6 is 0 Å². The van der Waals surface area contributed by atoms with Crippen molar-refractivity contribution in [1.82, 2.24) is 14.6 Å². The van der Waals surface area contributed by atoms with Gasteiger partial charge in [-0.05, 0) is 55.5 Å². The first-order valence-corrected chi connectivity index (χ1v) is 11.4. The topological polar surface area (TPSA) is 79.4 Å². The van der Waals surface area contributed by atoms with Crippen molar-refractivity contribution in [2.24, 2.45) is 0 Å². The van der Waals surface area contributed by atoms with E-state index < -0.39 is 10.0 Å². The molecule has 0 spiro atoms. The van der Waals surface area contributed by atoms with Gasteiger partial charge in [-0.15, -0.1) is 0 Å². The zero-order valence-corrected chi connectivity index (χ0v) is 16.6. The number of likely N-dealkylation sites (tertiary alicyclic amines) is 1. The molecule has 1 saturated heterocycles.